The van der Waals surface area contributed by atoms with Crippen molar-refractivity contribution in [1.29, 1.82) is 5.26 Å². The third kappa shape index (κ3) is 2.93. The quantitative estimate of drug-likeness (QED) is 0.399. The fourth-order valence-electron chi connectivity index (χ4n) is 3.91. The Morgan fingerprint density at radius 3 is 2.14 bits per heavy atom. The summed E-state index contributed by atoms with van der Waals surface area (Å²) in [5.41, 5.74) is -7.53. The van der Waals surface area contributed by atoms with E-state index < -0.39 is 70.2 Å². The van der Waals surface area contributed by atoms with Gasteiger partial charge >= 0.3 is 12.3 Å². The van der Waals surface area contributed by atoms with Gasteiger partial charge in [-0.15, -0.1) is 0 Å². The number of benzene rings is 1. The van der Waals surface area contributed by atoms with E-state index >= 15 is 8.78 Å². The SMILES string of the molecule is [C-]#[N+]c1c(C(F)(F)F)ccc(OC(F)(F)C23CCC(C)(CC2)C(F)=C3F)c1C#N. The summed E-state index contributed by atoms with van der Waals surface area (Å²) in [5.74, 6) is -3.93. The van der Waals surface area contributed by atoms with Gasteiger partial charge in [-0.2, -0.15) is 27.2 Å². The van der Waals surface area contributed by atoms with Crippen LogP contribution in [0, 0.1) is 28.7 Å². The van der Waals surface area contributed by atoms with Gasteiger partial charge in [-0.05, 0) is 31.7 Å². The lowest BCUT2D eigenvalue weighted by Crippen LogP contribution is -2.53. The highest BCUT2D eigenvalue weighted by Gasteiger charge is 2.67. The Kier molecular flexibility index (Phi) is 4.61. The van der Waals surface area contributed by atoms with E-state index in [1.165, 1.54) is 13.0 Å². The lowest BCUT2D eigenvalue weighted by molar-refractivity contribution is -0.270. The molecule has 1 aromatic carbocycles. The van der Waals surface area contributed by atoms with Gasteiger partial charge in [-0.3, -0.25) is 0 Å². The zero-order chi connectivity index (χ0) is 21.8. The first-order valence-corrected chi connectivity index (χ1v) is 8.48. The molecule has 0 atom stereocenters. The van der Waals surface area contributed by atoms with E-state index in [0.29, 0.717) is 12.1 Å². The molecule has 3 nitrogen and oxygen atoms in total. The zero-order valence-corrected chi connectivity index (χ0v) is 14.9. The summed E-state index contributed by atoms with van der Waals surface area (Å²) >= 11 is 0. The number of hydrogen-bond donors (Lipinski definition) is 0. The summed E-state index contributed by atoms with van der Waals surface area (Å²) in [6, 6.07) is 2.08. The fraction of sp³-hybridized carbons (Fsp3) is 0.474. The average molecular weight is 418 g/mol. The number of allylic oxidation sites excluding steroid dienone is 1. The molecule has 154 valence electrons. The number of ether oxygens (including phenoxy) is 1. The molecule has 1 saturated carbocycles. The Balaban J connectivity index is 2.09. The van der Waals surface area contributed by atoms with Crippen LogP contribution in [0.25, 0.3) is 4.85 Å². The Morgan fingerprint density at radius 1 is 1.07 bits per heavy atom. The van der Waals surface area contributed by atoms with Crippen LogP contribution in [0.5, 0.6) is 5.75 Å². The van der Waals surface area contributed by atoms with Gasteiger partial charge in [0.15, 0.2) is 0 Å². The second-order valence-corrected chi connectivity index (χ2v) is 7.45. The molecule has 29 heavy (non-hydrogen) atoms. The highest BCUT2D eigenvalue weighted by Crippen LogP contribution is 2.65. The summed E-state index contributed by atoms with van der Waals surface area (Å²) in [6.45, 7) is 8.33. The van der Waals surface area contributed by atoms with E-state index in [-0.39, 0.29) is 12.8 Å². The highest BCUT2D eigenvalue weighted by molar-refractivity contribution is 5.69. The standard InChI is InChI=1S/C19H13F7N2O/c1-16-5-7-17(8-6-16,15(21)14(16)20)19(25,26)29-12-4-3-11(18(22,23)24)13(28-2)10(12)9-27/h3-4H,5-8H2,1H3. The summed E-state index contributed by atoms with van der Waals surface area (Å²) in [4.78, 5) is 2.63. The fourth-order valence-corrected chi connectivity index (χ4v) is 3.91. The van der Waals surface area contributed by atoms with Crippen molar-refractivity contribution in [2.75, 3.05) is 0 Å². The van der Waals surface area contributed by atoms with Crippen LogP contribution in [0.15, 0.2) is 23.8 Å². The molecule has 1 fully saturated rings. The molecular formula is C19H13F7N2O. The van der Waals surface area contributed by atoms with Crippen molar-refractivity contribution in [3.63, 3.8) is 0 Å². The molecule has 0 N–H and O–H groups in total. The van der Waals surface area contributed by atoms with Crippen LogP contribution in [-0.2, 0) is 6.18 Å². The molecule has 10 heteroatoms. The molecule has 4 rings (SSSR count). The van der Waals surface area contributed by atoms with E-state index in [4.69, 9.17) is 11.8 Å². The molecule has 3 aliphatic rings. The van der Waals surface area contributed by atoms with E-state index in [1.54, 1.807) is 0 Å². The van der Waals surface area contributed by atoms with Gasteiger partial charge in [-0.25, -0.2) is 13.6 Å². The Labute approximate surface area is 161 Å². The third-order valence-corrected chi connectivity index (χ3v) is 5.81. The van der Waals surface area contributed by atoms with E-state index in [9.17, 15) is 22.0 Å². The number of rotatable bonds is 3. The van der Waals surface area contributed by atoms with Crippen LogP contribution in [-0.4, -0.2) is 6.11 Å². The molecule has 3 aliphatic carbocycles. The first-order valence-electron chi connectivity index (χ1n) is 8.48. The van der Waals surface area contributed by atoms with Crippen molar-refractivity contribution in [2.24, 2.45) is 10.8 Å². The van der Waals surface area contributed by atoms with Crippen LogP contribution in [0.4, 0.5) is 36.4 Å². The van der Waals surface area contributed by atoms with Crippen LogP contribution >= 0.6 is 0 Å². The first-order chi connectivity index (χ1) is 13.3. The first kappa shape index (κ1) is 21.0. The number of nitrogens with zero attached hydrogens (tertiary/aromatic N) is 2. The summed E-state index contributed by atoms with van der Waals surface area (Å²) in [5, 5.41) is 9.16. The minimum absolute atomic E-state index is 0.0589. The van der Waals surface area contributed by atoms with Crippen molar-refractivity contribution in [3.05, 3.63) is 46.3 Å². The molecule has 0 saturated heterocycles. The van der Waals surface area contributed by atoms with E-state index in [0.717, 1.165) is 0 Å². The minimum atomic E-state index is -5.00. The predicted molar refractivity (Wildman–Crippen MR) is 86.2 cm³/mol. The molecule has 0 spiro atoms. The van der Waals surface area contributed by atoms with Gasteiger partial charge < -0.3 is 4.74 Å². The molecule has 0 unspecified atom stereocenters. The molecule has 0 amide bonds. The second kappa shape index (κ2) is 6.38. The number of alkyl halides is 5. The number of nitriles is 1. The smallest absolute Gasteiger partial charge is 0.410 e. The van der Waals surface area contributed by atoms with Gasteiger partial charge in [0.1, 0.15) is 28.4 Å². The van der Waals surface area contributed by atoms with Gasteiger partial charge in [0.25, 0.3) is 0 Å². The molecule has 0 aliphatic heterocycles. The summed E-state index contributed by atoms with van der Waals surface area (Å²) < 4.78 is 103. The van der Waals surface area contributed by atoms with Crippen molar-refractivity contribution in [2.45, 2.75) is 44.9 Å². The summed E-state index contributed by atoms with van der Waals surface area (Å²) in [6.07, 6.45) is -10.4. The van der Waals surface area contributed by atoms with Gasteiger partial charge in [-0.1, -0.05) is 13.0 Å². The van der Waals surface area contributed by atoms with Crippen molar-refractivity contribution >= 4 is 5.69 Å². The Morgan fingerprint density at radius 2 is 1.66 bits per heavy atom. The monoisotopic (exact) mass is 418 g/mol. The van der Waals surface area contributed by atoms with Crippen molar-refractivity contribution < 1.29 is 35.5 Å². The Bertz CT molecular complexity index is 974. The molecule has 1 aromatic rings. The van der Waals surface area contributed by atoms with Crippen LogP contribution in [0.2, 0.25) is 0 Å². The Hall–Kier alpha value is -2.75. The van der Waals surface area contributed by atoms with Crippen molar-refractivity contribution in [1.82, 2.24) is 0 Å². The topological polar surface area (TPSA) is 37.4 Å². The highest BCUT2D eigenvalue weighted by atomic mass is 19.4. The molecule has 0 aromatic heterocycles. The lowest BCUT2D eigenvalue weighted by atomic mass is 9.57. The number of fused-ring (bicyclic) bond motifs is 2. The largest absolute Gasteiger partial charge is 0.432 e. The van der Waals surface area contributed by atoms with E-state index in [1.807, 2.05) is 0 Å². The van der Waals surface area contributed by atoms with Crippen LogP contribution < -0.4 is 4.74 Å². The van der Waals surface area contributed by atoms with Crippen LogP contribution in [0.3, 0.4) is 0 Å². The predicted octanol–water partition coefficient (Wildman–Crippen LogP) is 6.83. The third-order valence-electron chi connectivity index (χ3n) is 5.81. The minimum Gasteiger partial charge on any atom is -0.432 e. The molecule has 2 bridgehead atoms. The number of halogens is 7. The molecule has 0 heterocycles. The molecular weight excluding hydrogens is 405 g/mol. The zero-order valence-electron chi connectivity index (χ0n) is 14.9. The maximum Gasteiger partial charge on any atom is 0.410 e. The average Bonchev–Trinajstić information content (AvgIpc) is 2.64. The lowest BCUT2D eigenvalue weighted by Gasteiger charge is -2.51. The normalized spacial score (nSPS) is 26.8. The van der Waals surface area contributed by atoms with Gasteiger partial charge in [0.05, 0.1) is 18.2 Å². The maximum atomic E-state index is 15.0. The maximum absolute atomic E-state index is 15.0. The molecule has 0 radical (unpaired) electrons. The summed E-state index contributed by atoms with van der Waals surface area (Å²) in [7, 11) is 0. The van der Waals surface area contributed by atoms with Crippen LogP contribution in [0.1, 0.15) is 43.7 Å². The number of hydrogen-bond acceptors (Lipinski definition) is 2. The van der Waals surface area contributed by atoms with Gasteiger partial charge in [0, 0.05) is 5.41 Å². The van der Waals surface area contributed by atoms with Crippen molar-refractivity contribution in [3.8, 4) is 11.8 Å². The van der Waals surface area contributed by atoms with Gasteiger partial charge in [0.2, 0.25) is 5.69 Å². The second-order valence-electron chi connectivity index (χ2n) is 7.45. The van der Waals surface area contributed by atoms with E-state index in [2.05, 4.69) is 9.58 Å².